The second-order valence-corrected chi connectivity index (χ2v) is 5.62. The predicted octanol–water partition coefficient (Wildman–Crippen LogP) is 4.36. The van der Waals surface area contributed by atoms with Crippen molar-refractivity contribution in [3.8, 4) is 0 Å². The molecule has 0 heterocycles. The molecule has 1 aromatic carbocycles. The van der Waals surface area contributed by atoms with Crippen LogP contribution in [0.2, 0.25) is 0 Å². The van der Waals surface area contributed by atoms with E-state index in [0.29, 0.717) is 6.04 Å². The van der Waals surface area contributed by atoms with Gasteiger partial charge in [-0.3, -0.25) is 0 Å². The van der Waals surface area contributed by atoms with Gasteiger partial charge in [0, 0.05) is 29.3 Å². The third-order valence-electron chi connectivity index (χ3n) is 3.22. The molecule has 3 heteroatoms. The lowest BCUT2D eigenvalue weighted by molar-refractivity contribution is 0.643. The van der Waals surface area contributed by atoms with Crippen molar-refractivity contribution in [2.24, 2.45) is 0 Å². The maximum atomic E-state index is 3.59. The predicted molar refractivity (Wildman–Crippen MR) is 84.4 cm³/mol. The Morgan fingerprint density at radius 2 is 1.83 bits per heavy atom. The molecule has 1 rings (SSSR count). The Morgan fingerprint density at radius 3 is 2.33 bits per heavy atom. The fraction of sp³-hybridized carbons (Fsp3) is 0.600. The molecule has 0 spiro atoms. The molecule has 0 bridgehead atoms. The van der Waals surface area contributed by atoms with E-state index >= 15 is 0 Å². The van der Waals surface area contributed by atoms with Crippen molar-refractivity contribution in [2.45, 2.75) is 39.7 Å². The van der Waals surface area contributed by atoms with Gasteiger partial charge in [-0.25, -0.2) is 0 Å². The van der Waals surface area contributed by atoms with Crippen LogP contribution in [-0.4, -0.2) is 20.1 Å². The van der Waals surface area contributed by atoms with Crippen LogP contribution < -0.4 is 10.2 Å². The molecular weight excluding hydrogens is 288 g/mol. The van der Waals surface area contributed by atoms with Gasteiger partial charge in [-0.05, 0) is 44.5 Å². The van der Waals surface area contributed by atoms with Crippen LogP contribution in [0.3, 0.4) is 0 Å². The van der Waals surface area contributed by atoms with Crippen molar-refractivity contribution >= 4 is 21.6 Å². The Labute approximate surface area is 120 Å². The van der Waals surface area contributed by atoms with Crippen LogP contribution in [0.25, 0.3) is 0 Å². The summed E-state index contributed by atoms with van der Waals surface area (Å²) in [6.45, 7) is 8.92. The van der Waals surface area contributed by atoms with E-state index in [2.05, 4.69) is 65.1 Å². The SMILES string of the molecule is CCCN(CCC)c1cc(Br)ccc1C(C)NC. The van der Waals surface area contributed by atoms with E-state index in [4.69, 9.17) is 0 Å². The second-order valence-electron chi connectivity index (χ2n) is 4.70. The number of rotatable bonds is 7. The van der Waals surface area contributed by atoms with Crippen LogP contribution in [0.5, 0.6) is 0 Å². The van der Waals surface area contributed by atoms with Crippen molar-refractivity contribution in [1.29, 1.82) is 0 Å². The van der Waals surface area contributed by atoms with Crippen LogP contribution in [0, 0.1) is 0 Å². The van der Waals surface area contributed by atoms with E-state index in [1.54, 1.807) is 0 Å². The molecule has 0 fully saturated rings. The average Bonchev–Trinajstić information content (AvgIpc) is 2.37. The highest BCUT2D eigenvalue weighted by Gasteiger charge is 2.14. The van der Waals surface area contributed by atoms with Crippen LogP contribution in [0.4, 0.5) is 5.69 Å². The van der Waals surface area contributed by atoms with E-state index < -0.39 is 0 Å². The van der Waals surface area contributed by atoms with Crippen molar-refractivity contribution in [1.82, 2.24) is 5.32 Å². The van der Waals surface area contributed by atoms with Gasteiger partial charge < -0.3 is 10.2 Å². The largest absolute Gasteiger partial charge is 0.371 e. The Morgan fingerprint density at radius 1 is 1.22 bits per heavy atom. The molecule has 1 N–H and O–H groups in total. The lowest BCUT2D eigenvalue weighted by Crippen LogP contribution is -2.27. The molecule has 0 aromatic heterocycles. The van der Waals surface area contributed by atoms with Crippen LogP contribution in [-0.2, 0) is 0 Å². The molecule has 0 aliphatic carbocycles. The first kappa shape index (κ1) is 15.5. The van der Waals surface area contributed by atoms with E-state index in [1.807, 2.05) is 7.05 Å². The fourth-order valence-electron chi connectivity index (χ4n) is 2.20. The first-order valence-electron chi connectivity index (χ1n) is 6.85. The lowest BCUT2D eigenvalue weighted by atomic mass is 10.0. The molecule has 2 nitrogen and oxygen atoms in total. The number of hydrogen-bond acceptors (Lipinski definition) is 2. The number of anilines is 1. The topological polar surface area (TPSA) is 15.3 Å². The molecule has 0 saturated carbocycles. The minimum absolute atomic E-state index is 0.379. The molecule has 0 aliphatic heterocycles. The van der Waals surface area contributed by atoms with Crippen LogP contribution in [0.1, 0.15) is 45.2 Å². The van der Waals surface area contributed by atoms with Crippen LogP contribution in [0.15, 0.2) is 22.7 Å². The highest BCUT2D eigenvalue weighted by molar-refractivity contribution is 9.10. The normalized spacial score (nSPS) is 12.5. The van der Waals surface area contributed by atoms with Gasteiger partial charge >= 0.3 is 0 Å². The first-order valence-corrected chi connectivity index (χ1v) is 7.64. The molecule has 18 heavy (non-hydrogen) atoms. The summed E-state index contributed by atoms with van der Waals surface area (Å²) in [5.41, 5.74) is 2.73. The standard InChI is InChI=1S/C15H25BrN2/c1-5-9-18(10-6-2)15-11-13(16)7-8-14(15)12(3)17-4/h7-8,11-12,17H,5-6,9-10H2,1-4H3. The molecule has 0 radical (unpaired) electrons. The van der Waals surface area contributed by atoms with E-state index in [1.165, 1.54) is 24.1 Å². The van der Waals surface area contributed by atoms with Crippen molar-refractivity contribution in [3.63, 3.8) is 0 Å². The van der Waals surface area contributed by atoms with Gasteiger partial charge in [0.2, 0.25) is 0 Å². The summed E-state index contributed by atoms with van der Waals surface area (Å²) in [6, 6.07) is 6.97. The minimum atomic E-state index is 0.379. The number of hydrogen-bond donors (Lipinski definition) is 1. The minimum Gasteiger partial charge on any atom is -0.371 e. The van der Waals surface area contributed by atoms with E-state index in [0.717, 1.165) is 17.6 Å². The Balaban J connectivity index is 3.12. The summed E-state index contributed by atoms with van der Waals surface area (Å²) < 4.78 is 1.15. The summed E-state index contributed by atoms with van der Waals surface area (Å²) in [4.78, 5) is 2.49. The molecule has 1 atom stereocenters. The summed E-state index contributed by atoms with van der Waals surface area (Å²) >= 11 is 3.59. The molecule has 1 aromatic rings. The van der Waals surface area contributed by atoms with Gasteiger partial charge in [0.25, 0.3) is 0 Å². The summed E-state index contributed by atoms with van der Waals surface area (Å²) in [5.74, 6) is 0. The molecule has 0 amide bonds. The fourth-order valence-corrected chi connectivity index (χ4v) is 2.55. The monoisotopic (exact) mass is 312 g/mol. The van der Waals surface area contributed by atoms with Gasteiger partial charge in [-0.2, -0.15) is 0 Å². The maximum Gasteiger partial charge on any atom is 0.0425 e. The van der Waals surface area contributed by atoms with E-state index in [9.17, 15) is 0 Å². The molecule has 102 valence electrons. The van der Waals surface area contributed by atoms with Crippen molar-refractivity contribution < 1.29 is 0 Å². The molecule has 0 aliphatic rings. The van der Waals surface area contributed by atoms with Crippen molar-refractivity contribution in [3.05, 3.63) is 28.2 Å². The molecule has 1 unspecified atom stereocenters. The van der Waals surface area contributed by atoms with Crippen LogP contribution >= 0.6 is 15.9 Å². The first-order chi connectivity index (χ1) is 8.63. The maximum absolute atomic E-state index is 3.59. The van der Waals surface area contributed by atoms with Gasteiger partial charge in [0.1, 0.15) is 0 Å². The smallest absolute Gasteiger partial charge is 0.0425 e. The highest BCUT2D eigenvalue weighted by Crippen LogP contribution is 2.30. The zero-order valence-corrected chi connectivity index (χ0v) is 13.5. The Bertz CT molecular complexity index is 360. The second kappa shape index (κ2) is 7.80. The lowest BCUT2D eigenvalue weighted by Gasteiger charge is -2.28. The summed E-state index contributed by atoms with van der Waals surface area (Å²) in [7, 11) is 2.01. The third-order valence-corrected chi connectivity index (χ3v) is 3.71. The third kappa shape index (κ3) is 3.99. The Hall–Kier alpha value is -0.540. The number of nitrogens with one attached hydrogen (secondary N) is 1. The van der Waals surface area contributed by atoms with Crippen molar-refractivity contribution in [2.75, 3.05) is 25.0 Å². The highest BCUT2D eigenvalue weighted by atomic mass is 79.9. The van der Waals surface area contributed by atoms with Gasteiger partial charge in [-0.15, -0.1) is 0 Å². The number of halogens is 1. The van der Waals surface area contributed by atoms with E-state index in [-0.39, 0.29) is 0 Å². The quantitative estimate of drug-likeness (QED) is 0.805. The van der Waals surface area contributed by atoms with Gasteiger partial charge in [0.15, 0.2) is 0 Å². The number of benzene rings is 1. The molecular formula is C15H25BrN2. The summed E-state index contributed by atoms with van der Waals surface area (Å²) in [6.07, 6.45) is 2.36. The van der Waals surface area contributed by atoms with Gasteiger partial charge in [0.05, 0.1) is 0 Å². The zero-order valence-electron chi connectivity index (χ0n) is 12.0. The summed E-state index contributed by atoms with van der Waals surface area (Å²) in [5, 5.41) is 3.34. The number of nitrogens with zero attached hydrogens (tertiary/aromatic N) is 1. The average molecular weight is 313 g/mol. The van der Waals surface area contributed by atoms with Gasteiger partial charge in [-0.1, -0.05) is 35.8 Å². The Kier molecular flexibility index (Phi) is 6.72. The zero-order chi connectivity index (χ0) is 13.5. The molecule has 0 saturated heterocycles.